The maximum absolute atomic E-state index is 12.7. The van der Waals surface area contributed by atoms with Gasteiger partial charge in [-0.3, -0.25) is 14.2 Å². The van der Waals surface area contributed by atoms with E-state index >= 15 is 0 Å². The number of fused-ring (bicyclic) bond motifs is 1. The van der Waals surface area contributed by atoms with Crippen LogP contribution in [0.4, 0.5) is 0 Å². The number of carbonyl (C=O) groups is 2. The van der Waals surface area contributed by atoms with E-state index in [0.717, 1.165) is 11.3 Å². The normalized spacial score (nSPS) is 11.6. The van der Waals surface area contributed by atoms with E-state index in [-0.39, 0.29) is 18.1 Å². The standard InChI is InChI=1S/C24H22ClN5O4/c1-26-16-7-9-29(18(13-16)24(32)33)11-8-27-23(31)15-6-10-30-19(14-28-21(30)12-15)17-4-3-5-20(34-2)22(17)25/h3-7,9-10,12-14H,8,11H2,1-2H3,(H,27,31)(H,32,33). The quantitative estimate of drug-likeness (QED) is 0.423. The van der Waals surface area contributed by atoms with Gasteiger partial charge in [0.1, 0.15) is 17.1 Å². The number of hydrogen-bond acceptors (Lipinski definition) is 5. The summed E-state index contributed by atoms with van der Waals surface area (Å²) in [5.74, 6) is -0.787. The highest BCUT2D eigenvalue weighted by atomic mass is 35.5. The Morgan fingerprint density at radius 1 is 1.21 bits per heavy atom. The summed E-state index contributed by atoms with van der Waals surface area (Å²) in [6.45, 7) is 0.540. The van der Waals surface area contributed by atoms with Crippen molar-refractivity contribution < 1.29 is 19.4 Å². The number of hydrogen-bond donors (Lipinski definition) is 2. The van der Waals surface area contributed by atoms with Gasteiger partial charge in [-0.05, 0) is 30.3 Å². The van der Waals surface area contributed by atoms with Crippen molar-refractivity contribution in [2.24, 2.45) is 4.99 Å². The number of nitrogens with one attached hydrogen (secondary N) is 1. The molecule has 0 saturated carbocycles. The molecular weight excluding hydrogens is 458 g/mol. The van der Waals surface area contributed by atoms with Gasteiger partial charge in [0.15, 0.2) is 0 Å². The number of rotatable bonds is 7. The number of aromatic nitrogens is 3. The van der Waals surface area contributed by atoms with Gasteiger partial charge >= 0.3 is 5.97 Å². The van der Waals surface area contributed by atoms with Gasteiger partial charge < -0.3 is 19.7 Å². The van der Waals surface area contributed by atoms with E-state index in [1.807, 2.05) is 16.5 Å². The predicted molar refractivity (Wildman–Crippen MR) is 127 cm³/mol. The predicted octanol–water partition coefficient (Wildman–Crippen LogP) is 3.12. The van der Waals surface area contributed by atoms with Crippen LogP contribution < -0.4 is 15.4 Å². The van der Waals surface area contributed by atoms with Crippen molar-refractivity contribution in [3.8, 4) is 17.0 Å². The van der Waals surface area contributed by atoms with Crippen LogP contribution in [0.3, 0.4) is 0 Å². The van der Waals surface area contributed by atoms with Crippen molar-refractivity contribution >= 4 is 29.1 Å². The van der Waals surface area contributed by atoms with Crippen molar-refractivity contribution in [1.29, 1.82) is 0 Å². The second-order valence-electron chi connectivity index (χ2n) is 7.36. The Morgan fingerprint density at radius 2 is 2.03 bits per heavy atom. The van der Waals surface area contributed by atoms with Crippen molar-refractivity contribution in [1.82, 2.24) is 19.3 Å². The summed E-state index contributed by atoms with van der Waals surface area (Å²) in [7, 11) is 3.15. The van der Waals surface area contributed by atoms with Gasteiger partial charge in [0.2, 0.25) is 0 Å². The molecule has 2 N–H and O–H groups in total. The van der Waals surface area contributed by atoms with E-state index in [4.69, 9.17) is 16.3 Å². The Morgan fingerprint density at radius 3 is 2.76 bits per heavy atom. The fourth-order valence-corrected chi connectivity index (χ4v) is 3.92. The number of carbonyl (C=O) groups excluding carboxylic acids is 1. The third-order valence-electron chi connectivity index (χ3n) is 5.37. The smallest absolute Gasteiger partial charge is 0.352 e. The molecule has 0 bridgehead atoms. The molecule has 0 atom stereocenters. The number of nitrogens with zero attached hydrogens (tertiary/aromatic N) is 4. The van der Waals surface area contributed by atoms with Crippen LogP contribution in [0, 0.1) is 0 Å². The average molecular weight is 480 g/mol. The molecule has 0 aliphatic carbocycles. The summed E-state index contributed by atoms with van der Waals surface area (Å²) < 4.78 is 8.69. The fraction of sp³-hybridized carbons (Fsp3) is 0.167. The largest absolute Gasteiger partial charge is 0.495 e. The zero-order valence-corrected chi connectivity index (χ0v) is 19.3. The van der Waals surface area contributed by atoms with Crippen LogP contribution >= 0.6 is 11.6 Å². The number of benzene rings is 1. The Kier molecular flexibility index (Phi) is 6.65. The van der Waals surface area contributed by atoms with Crippen LogP contribution in [-0.4, -0.2) is 51.6 Å². The van der Waals surface area contributed by atoms with Gasteiger partial charge in [-0.2, -0.15) is 0 Å². The van der Waals surface area contributed by atoms with Crippen LogP contribution in [0.5, 0.6) is 5.75 Å². The molecule has 10 heteroatoms. The number of imidazole rings is 1. The van der Waals surface area contributed by atoms with Crippen molar-refractivity contribution in [3.63, 3.8) is 0 Å². The first-order valence-electron chi connectivity index (χ1n) is 10.4. The van der Waals surface area contributed by atoms with Gasteiger partial charge in [0.05, 0.1) is 29.4 Å². The Bertz CT molecular complexity index is 1460. The minimum Gasteiger partial charge on any atom is -0.495 e. The number of ether oxygens (including phenoxy) is 1. The van der Waals surface area contributed by atoms with E-state index in [2.05, 4.69) is 15.3 Å². The molecule has 0 spiro atoms. The highest BCUT2D eigenvalue weighted by Crippen LogP contribution is 2.35. The first-order valence-corrected chi connectivity index (χ1v) is 10.8. The molecule has 34 heavy (non-hydrogen) atoms. The highest BCUT2D eigenvalue weighted by Gasteiger charge is 2.15. The van der Waals surface area contributed by atoms with E-state index in [1.165, 1.54) is 6.07 Å². The topological polar surface area (TPSA) is 110 Å². The molecule has 0 fully saturated rings. The lowest BCUT2D eigenvalue weighted by Gasteiger charge is -2.12. The average Bonchev–Trinajstić information content (AvgIpc) is 3.27. The van der Waals surface area contributed by atoms with Crippen LogP contribution in [0.25, 0.3) is 16.9 Å². The second kappa shape index (κ2) is 9.80. The van der Waals surface area contributed by atoms with Crippen LogP contribution in [0.2, 0.25) is 5.02 Å². The number of halogens is 1. The Balaban J connectivity index is 1.50. The fourth-order valence-electron chi connectivity index (χ4n) is 3.62. The number of carboxylic acids is 1. The maximum atomic E-state index is 12.7. The monoisotopic (exact) mass is 479 g/mol. The van der Waals surface area contributed by atoms with Crippen molar-refractivity contribution in [3.05, 3.63) is 82.7 Å². The summed E-state index contributed by atoms with van der Waals surface area (Å²) in [6.07, 6.45) is 5.08. The summed E-state index contributed by atoms with van der Waals surface area (Å²) in [4.78, 5) is 32.6. The molecule has 1 aromatic carbocycles. The molecule has 0 aliphatic heterocycles. The number of amides is 1. The number of carboxylic acid groups (broad SMARTS) is 1. The zero-order valence-electron chi connectivity index (χ0n) is 18.5. The summed E-state index contributed by atoms with van der Waals surface area (Å²) in [6, 6.07) is 12.1. The molecular formula is C24H22ClN5O4. The Hall–Kier alpha value is -4.11. The first kappa shape index (κ1) is 23.1. The lowest BCUT2D eigenvalue weighted by molar-refractivity contribution is 0.0684. The molecule has 0 aliphatic rings. The van der Waals surface area contributed by atoms with Crippen molar-refractivity contribution in [2.75, 3.05) is 20.7 Å². The van der Waals surface area contributed by atoms with Crippen LogP contribution in [0.15, 0.2) is 66.0 Å². The molecule has 3 aromatic heterocycles. The second-order valence-corrected chi connectivity index (χ2v) is 7.74. The van der Waals surface area contributed by atoms with Gasteiger partial charge in [-0.1, -0.05) is 23.7 Å². The van der Waals surface area contributed by atoms with Gasteiger partial charge in [-0.25, -0.2) is 9.78 Å². The molecule has 0 radical (unpaired) electrons. The lowest BCUT2D eigenvalue weighted by atomic mass is 10.1. The molecule has 174 valence electrons. The molecule has 9 nitrogen and oxygen atoms in total. The van der Waals surface area contributed by atoms with E-state index < -0.39 is 5.97 Å². The summed E-state index contributed by atoms with van der Waals surface area (Å²) in [5, 5.41) is 13.3. The molecule has 0 saturated heterocycles. The number of methoxy groups -OCH3 is 1. The minimum atomic E-state index is -1.06. The van der Waals surface area contributed by atoms with Crippen molar-refractivity contribution in [2.45, 2.75) is 6.54 Å². The zero-order chi connectivity index (χ0) is 24.2. The maximum Gasteiger partial charge on any atom is 0.352 e. The van der Waals surface area contributed by atoms with Gasteiger partial charge in [0.25, 0.3) is 5.91 Å². The van der Waals surface area contributed by atoms with Crippen LogP contribution in [-0.2, 0) is 6.54 Å². The molecule has 3 heterocycles. The van der Waals surface area contributed by atoms with E-state index in [9.17, 15) is 14.7 Å². The third-order valence-corrected chi connectivity index (χ3v) is 5.76. The number of aromatic carboxylic acids is 1. The third kappa shape index (κ3) is 4.51. The number of pyridine rings is 2. The Labute approximate surface area is 199 Å². The molecule has 1 amide bonds. The summed E-state index contributed by atoms with van der Waals surface area (Å²) >= 11 is 6.46. The van der Waals surface area contributed by atoms with Gasteiger partial charge in [0, 0.05) is 43.7 Å². The highest BCUT2D eigenvalue weighted by molar-refractivity contribution is 6.34. The molecule has 0 unspecified atom stereocenters. The van der Waals surface area contributed by atoms with Crippen LogP contribution in [0.1, 0.15) is 20.8 Å². The lowest BCUT2D eigenvalue weighted by Crippen LogP contribution is -2.29. The van der Waals surface area contributed by atoms with Gasteiger partial charge in [-0.15, -0.1) is 0 Å². The van der Waals surface area contributed by atoms with E-state index in [1.54, 1.807) is 61.6 Å². The molecule has 4 aromatic rings. The molecule has 4 rings (SSSR count). The minimum absolute atomic E-state index is 0.0971. The summed E-state index contributed by atoms with van der Waals surface area (Å²) in [5.41, 5.74) is 2.65. The first-order chi connectivity index (χ1) is 16.4. The van der Waals surface area contributed by atoms with E-state index in [0.29, 0.717) is 33.9 Å². The SMILES string of the molecule is CN=c1ccn(CCNC(=O)c2ccn3c(-c4cccc(OC)c4Cl)cnc3c2)c(C(=O)O)c1.